The molecule has 2 atom stereocenters. The first kappa shape index (κ1) is 20.6. The molecule has 27 heavy (non-hydrogen) atoms. The summed E-state index contributed by atoms with van der Waals surface area (Å²) in [6, 6.07) is 6.68. The molecule has 0 bridgehead atoms. The van der Waals surface area contributed by atoms with E-state index in [1.807, 2.05) is 26.1 Å². The summed E-state index contributed by atoms with van der Waals surface area (Å²) in [7, 11) is 4.98. The number of amides is 1. The molecule has 0 radical (unpaired) electrons. The Morgan fingerprint density at radius 2 is 1.70 bits per heavy atom. The maximum atomic E-state index is 13.7. The number of para-hydroxylation sites is 1. The molecule has 0 aliphatic rings. The number of halogens is 2. The number of carbonyl (C=O) groups excluding carboxylic acids is 1. The molecule has 5 nitrogen and oxygen atoms in total. The Kier molecular flexibility index (Phi) is 6.74. The third kappa shape index (κ3) is 4.74. The van der Waals surface area contributed by atoms with E-state index in [0.29, 0.717) is 18.0 Å². The van der Waals surface area contributed by atoms with Crippen LogP contribution in [0.1, 0.15) is 18.1 Å². The average Bonchev–Trinajstić information content (AvgIpc) is 2.65. The van der Waals surface area contributed by atoms with Crippen molar-refractivity contribution in [1.82, 2.24) is 0 Å². The molecule has 0 saturated heterocycles. The van der Waals surface area contributed by atoms with Crippen LogP contribution in [0.4, 0.5) is 14.5 Å². The van der Waals surface area contributed by atoms with Crippen molar-refractivity contribution in [3.63, 3.8) is 0 Å². The van der Waals surface area contributed by atoms with E-state index in [1.165, 1.54) is 6.07 Å². The van der Waals surface area contributed by atoms with Crippen LogP contribution in [0.15, 0.2) is 30.3 Å². The third-order valence-electron chi connectivity index (χ3n) is 4.65. The summed E-state index contributed by atoms with van der Waals surface area (Å²) < 4.78 is 38.1. The van der Waals surface area contributed by atoms with E-state index in [4.69, 9.17) is 9.47 Å². The number of aryl methyl sites for hydroxylation is 1. The number of ether oxygens (including phenoxy) is 2. The van der Waals surface area contributed by atoms with Gasteiger partial charge in [0.1, 0.15) is 23.9 Å². The number of rotatable bonds is 7. The molecule has 0 aromatic heterocycles. The van der Waals surface area contributed by atoms with Crippen LogP contribution in [0.5, 0.6) is 11.5 Å². The summed E-state index contributed by atoms with van der Waals surface area (Å²) in [6.07, 6.45) is 0. The van der Waals surface area contributed by atoms with Crippen molar-refractivity contribution in [3.8, 4) is 11.5 Å². The molecule has 0 fully saturated rings. The second kappa shape index (κ2) is 8.81. The summed E-state index contributed by atoms with van der Waals surface area (Å²) >= 11 is 0. The van der Waals surface area contributed by atoms with Crippen LogP contribution in [0.25, 0.3) is 0 Å². The zero-order chi connectivity index (χ0) is 20.1. The SMILES string of the molecule is COc1cc(C)c(C[NH+](C)[C@H](C)C(=O)Nc2c(F)cccc2F)cc1OC. The Morgan fingerprint density at radius 3 is 2.26 bits per heavy atom. The van der Waals surface area contributed by atoms with Gasteiger partial charge in [0.05, 0.1) is 21.3 Å². The van der Waals surface area contributed by atoms with Gasteiger partial charge < -0.3 is 19.7 Å². The summed E-state index contributed by atoms with van der Waals surface area (Å²) in [5.41, 5.74) is 1.56. The maximum absolute atomic E-state index is 13.7. The average molecular weight is 379 g/mol. The molecule has 2 aromatic carbocycles. The van der Waals surface area contributed by atoms with Gasteiger partial charge in [-0.1, -0.05) is 6.07 Å². The molecule has 0 heterocycles. The predicted octanol–water partition coefficient (Wildman–Crippen LogP) is 2.33. The van der Waals surface area contributed by atoms with Gasteiger partial charge in [0.25, 0.3) is 5.91 Å². The minimum atomic E-state index is -0.802. The standard InChI is InChI=1S/C20H24F2N2O3/c1-12-9-17(26-4)18(27-5)10-14(12)11-24(3)13(2)20(25)23-19-15(21)7-6-8-16(19)22/h6-10,13H,11H2,1-5H3,(H,23,25)/p+1/t13-/m1/s1. The van der Waals surface area contributed by atoms with Crippen molar-refractivity contribution >= 4 is 11.6 Å². The van der Waals surface area contributed by atoms with Gasteiger partial charge in [-0.2, -0.15) is 0 Å². The van der Waals surface area contributed by atoms with Crippen LogP contribution < -0.4 is 19.7 Å². The van der Waals surface area contributed by atoms with E-state index in [-0.39, 0.29) is 0 Å². The molecule has 1 amide bonds. The lowest BCUT2D eigenvalue weighted by atomic mass is 10.1. The molecule has 0 aliphatic carbocycles. The Labute approximate surface area is 157 Å². The van der Waals surface area contributed by atoms with Crippen molar-refractivity contribution in [2.75, 3.05) is 26.6 Å². The van der Waals surface area contributed by atoms with Crippen LogP contribution >= 0.6 is 0 Å². The Hall–Kier alpha value is -2.67. The van der Waals surface area contributed by atoms with E-state index in [2.05, 4.69) is 5.32 Å². The molecule has 2 N–H and O–H groups in total. The minimum Gasteiger partial charge on any atom is -0.493 e. The first-order valence-corrected chi connectivity index (χ1v) is 8.57. The van der Waals surface area contributed by atoms with Crippen LogP contribution in [0.3, 0.4) is 0 Å². The molecule has 7 heteroatoms. The summed E-state index contributed by atoms with van der Waals surface area (Å²) in [4.78, 5) is 13.3. The highest BCUT2D eigenvalue weighted by molar-refractivity contribution is 5.93. The number of carbonyl (C=O) groups is 1. The largest absolute Gasteiger partial charge is 0.493 e. The van der Waals surface area contributed by atoms with E-state index < -0.39 is 29.3 Å². The zero-order valence-corrected chi connectivity index (χ0v) is 16.2. The normalized spacial score (nSPS) is 13.0. The molecular formula is C20H25F2N2O3+. The molecule has 0 aliphatic heterocycles. The fourth-order valence-electron chi connectivity index (χ4n) is 2.74. The van der Waals surface area contributed by atoms with Crippen molar-refractivity contribution in [2.24, 2.45) is 0 Å². The van der Waals surface area contributed by atoms with Gasteiger partial charge in [-0.05, 0) is 43.7 Å². The lowest BCUT2D eigenvalue weighted by Gasteiger charge is -2.22. The number of methoxy groups -OCH3 is 2. The second-order valence-corrected chi connectivity index (χ2v) is 6.46. The minimum absolute atomic E-state index is 0.426. The summed E-state index contributed by atoms with van der Waals surface area (Å²) in [5, 5.41) is 2.35. The summed E-state index contributed by atoms with van der Waals surface area (Å²) in [5.74, 6) is -0.823. The number of hydrogen-bond donors (Lipinski definition) is 2. The fraction of sp³-hybridized carbons (Fsp3) is 0.350. The number of nitrogens with one attached hydrogen (secondary N) is 2. The van der Waals surface area contributed by atoms with E-state index in [0.717, 1.165) is 28.2 Å². The van der Waals surface area contributed by atoms with Gasteiger partial charge in [-0.15, -0.1) is 0 Å². The number of benzene rings is 2. The first-order valence-electron chi connectivity index (χ1n) is 8.57. The highest BCUT2D eigenvalue weighted by Gasteiger charge is 2.25. The maximum Gasteiger partial charge on any atom is 0.282 e. The molecule has 146 valence electrons. The van der Waals surface area contributed by atoms with Crippen LogP contribution in [-0.4, -0.2) is 33.2 Å². The van der Waals surface area contributed by atoms with Crippen LogP contribution in [0, 0.1) is 18.6 Å². The number of quaternary nitrogens is 1. The monoisotopic (exact) mass is 379 g/mol. The van der Waals surface area contributed by atoms with Gasteiger partial charge in [0.2, 0.25) is 0 Å². The van der Waals surface area contributed by atoms with Gasteiger partial charge in [0.15, 0.2) is 17.5 Å². The Balaban J connectivity index is 2.13. The van der Waals surface area contributed by atoms with Crippen LogP contribution in [-0.2, 0) is 11.3 Å². The molecule has 1 unspecified atom stereocenters. The lowest BCUT2D eigenvalue weighted by Crippen LogP contribution is -3.12. The highest BCUT2D eigenvalue weighted by Crippen LogP contribution is 2.30. The highest BCUT2D eigenvalue weighted by atomic mass is 19.1. The Bertz CT molecular complexity index is 807. The number of hydrogen-bond acceptors (Lipinski definition) is 3. The van der Waals surface area contributed by atoms with E-state index in [1.54, 1.807) is 21.1 Å². The predicted molar refractivity (Wildman–Crippen MR) is 99.3 cm³/mol. The zero-order valence-electron chi connectivity index (χ0n) is 16.2. The first-order chi connectivity index (χ1) is 12.8. The molecule has 2 rings (SSSR count). The molecule has 0 spiro atoms. The molecular weight excluding hydrogens is 354 g/mol. The number of anilines is 1. The topological polar surface area (TPSA) is 52.0 Å². The smallest absolute Gasteiger partial charge is 0.282 e. The van der Waals surface area contributed by atoms with E-state index >= 15 is 0 Å². The van der Waals surface area contributed by atoms with Crippen molar-refractivity contribution in [3.05, 3.63) is 53.1 Å². The molecule has 0 saturated carbocycles. The van der Waals surface area contributed by atoms with Gasteiger partial charge in [-0.3, -0.25) is 4.79 Å². The van der Waals surface area contributed by atoms with E-state index in [9.17, 15) is 13.6 Å². The van der Waals surface area contributed by atoms with Crippen molar-refractivity contribution in [2.45, 2.75) is 26.4 Å². The third-order valence-corrected chi connectivity index (χ3v) is 4.65. The van der Waals surface area contributed by atoms with Gasteiger partial charge in [-0.25, -0.2) is 8.78 Å². The number of likely N-dealkylation sites (N-methyl/N-ethyl adjacent to an activating group) is 1. The van der Waals surface area contributed by atoms with Crippen molar-refractivity contribution in [1.29, 1.82) is 0 Å². The second-order valence-electron chi connectivity index (χ2n) is 6.46. The van der Waals surface area contributed by atoms with Crippen LogP contribution in [0.2, 0.25) is 0 Å². The van der Waals surface area contributed by atoms with Crippen molar-refractivity contribution < 1.29 is 27.9 Å². The fourth-order valence-corrected chi connectivity index (χ4v) is 2.74. The quantitative estimate of drug-likeness (QED) is 0.777. The summed E-state index contributed by atoms with van der Waals surface area (Å²) in [6.45, 7) is 4.18. The van der Waals surface area contributed by atoms with Gasteiger partial charge >= 0.3 is 0 Å². The molecule has 2 aromatic rings. The Morgan fingerprint density at radius 1 is 1.15 bits per heavy atom. The van der Waals surface area contributed by atoms with Gasteiger partial charge in [0, 0.05) is 5.56 Å². The lowest BCUT2D eigenvalue weighted by molar-refractivity contribution is -0.907.